The van der Waals surface area contributed by atoms with E-state index in [0.717, 1.165) is 60.4 Å². The summed E-state index contributed by atoms with van der Waals surface area (Å²) in [6.45, 7) is 4.04. The molecule has 3 rings (SSSR count). The zero-order chi connectivity index (χ0) is 24.1. The summed E-state index contributed by atoms with van der Waals surface area (Å²) < 4.78 is 31.2. The van der Waals surface area contributed by atoms with Crippen molar-refractivity contribution in [2.75, 3.05) is 26.0 Å². The van der Waals surface area contributed by atoms with Gasteiger partial charge in [0.1, 0.15) is 11.3 Å². The number of sulfonamides is 1. The van der Waals surface area contributed by atoms with Crippen LogP contribution in [0.2, 0.25) is 0 Å². The summed E-state index contributed by atoms with van der Waals surface area (Å²) in [6, 6.07) is 7.46. The molecule has 9 heteroatoms. The number of rotatable bonds is 7. The monoisotopic (exact) mass is 479 g/mol. The first-order valence-electron chi connectivity index (χ1n) is 11.9. The third-order valence-corrected chi connectivity index (χ3v) is 7.86. The summed E-state index contributed by atoms with van der Waals surface area (Å²) in [5.41, 5.74) is -0.455. The predicted octanol–water partition coefficient (Wildman–Crippen LogP) is 2.68. The van der Waals surface area contributed by atoms with Crippen molar-refractivity contribution in [3.05, 3.63) is 29.8 Å². The van der Waals surface area contributed by atoms with Gasteiger partial charge in [0.15, 0.2) is 0 Å². The lowest BCUT2D eigenvalue weighted by Gasteiger charge is -2.47. The molecule has 2 amide bonds. The molecule has 0 aromatic heterocycles. The second-order valence-electron chi connectivity index (χ2n) is 9.38. The van der Waals surface area contributed by atoms with Gasteiger partial charge in [-0.2, -0.15) is 4.31 Å². The Morgan fingerprint density at radius 1 is 1.12 bits per heavy atom. The fourth-order valence-electron chi connectivity index (χ4n) is 4.67. The van der Waals surface area contributed by atoms with Gasteiger partial charge in [0.2, 0.25) is 21.8 Å². The number of ether oxygens (including phenoxy) is 1. The van der Waals surface area contributed by atoms with Gasteiger partial charge in [-0.15, -0.1) is 0 Å². The van der Waals surface area contributed by atoms with E-state index in [1.165, 1.54) is 11.3 Å². The van der Waals surface area contributed by atoms with Gasteiger partial charge in [-0.05, 0) is 44.4 Å². The Hall–Kier alpha value is -2.13. The number of benzene rings is 1. The normalized spacial score (nSPS) is 23.6. The average Bonchev–Trinajstić information content (AvgIpc) is 2.73. The van der Waals surface area contributed by atoms with E-state index < -0.39 is 15.6 Å². The van der Waals surface area contributed by atoms with Crippen LogP contribution in [0.1, 0.15) is 64.4 Å². The minimum atomic E-state index is -3.63. The van der Waals surface area contributed by atoms with E-state index in [9.17, 15) is 18.0 Å². The lowest BCUT2D eigenvalue weighted by atomic mass is 9.92. The van der Waals surface area contributed by atoms with Crippen molar-refractivity contribution in [1.29, 1.82) is 0 Å². The fraction of sp³-hybridized carbons (Fsp3) is 0.667. The summed E-state index contributed by atoms with van der Waals surface area (Å²) in [5, 5.41) is 3.16. The molecule has 1 atom stereocenters. The highest BCUT2D eigenvalue weighted by Crippen LogP contribution is 2.28. The molecule has 33 heavy (non-hydrogen) atoms. The largest absolute Gasteiger partial charge is 0.494 e. The Kier molecular flexibility index (Phi) is 8.39. The Morgan fingerprint density at radius 3 is 2.30 bits per heavy atom. The highest BCUT2D eigenvalue weighted by molar-refractivity contribution is 7.88. The summed E-state index contributed by atoms with van der Waals surface area (Å²) in [7, 11) is -3.63. The number of nitrogens with one attached hydrogen (secondary N) is 1. The lowest BCUT2D eigenvalue weighted by molar-refractivity contribution is -0.154. The van der Waals surface area contributed by atoms with Crippen LogP contribution >= 0.6 is 0 Å². The van der Waals surface area contributed by atoms with Crippen molar-refractivity contribution in [2.45, 2.75) is 76.9 Å². The zero-order valence-corrected chi connectivity index (χ0v) is 20.8. The molecule has 1 aromatic rings. The van der Waals surface area contributed by atoms with E-state index in [1.807, 2.05) is 31.2 Å². The zero-order valence-electron chi connectivity index (χ0n) is 20.0. The summed E-state index contributed by atoms with van der Waals surface area (Å²) in [6.07, 6.45) is 8.57. The molecule has 1 saturated carbocycles. The predicted molar refractivity (Wildman–Crippen MR) is 127 cm³/mol. The van der Waals surface area contributed by atoms with Crippen molar-refractivity contribution in [2.24, 2.45) is 0 Å². The molecule has 2 fully saturated rings. The van der Waals surface area contributed by atoms with Crippen molar-refractivity contribution >= 4 is 21.8 Å². The van der Waals surface area contributed by atoms with Crippen LogP contribution in [0.4, 0.5) is 0 Å². The van der Waals surface area contributed by atoms with Crippen LogP contribution in [0.5, 0.6) is 5.75 Å². The molecule has 1 heterocycles. The number of carbonyl (C=O) groups is 2. The van der Waals surface area contributed by atoms with Gasteiger partial charge < -0.3 is 15.0 Å². The molecule has 1 aromatic carbocycles. The van der Waals surface area contributed by atoms with Crippen molar-refractivity contribution in [3.8, 4) is 5.75 Å². The third-order valence-electron chi connectivity index (χ3n) is 6.67. The molecular formula is C24H37N3O5S. The van der Waals surface area contributed by atoms with E-state index in [1.54, 1.807) is 6.92 Å². The van der Waals surface area contributed by atoms with E-state index in [0.29, 0.717) is 6.61 Å². The van der Waals surface area contributed by atoms with Crippen molar-refractivity contribution in [1.82, 2.24) is 14.5 Å². The first-order chi connectivity index (χ1) is 15.6. The number of nitrogens with zero attached hydrogens (tertiary/aromatic N) is 2. The fourth-order valence-corrected chi connectivity index (χ4v) is 5.50. The third kappa shape index (κ3) is 6.47. The number of carbonyl (C=O) groups excluding carboxylic acids is 2. The van der Waals surface area contributed by atoms with Crippen LogP contribution in [-0.2, 0) is 26.2 Å². The smallest absolute Gasteiger partial charge is 0.247 e. The SMILES string of the molecule is CCOc1ccc(CN2C(=O)CN(S(C)(=O)=O)C[C@]2(C)C(=O)NC2CCCCCCC2)cc1. The lowest BCUT2D eigenvalue weighted by Crippen LogP contribution is -2.69. The Balaban J connectivity index is 1.84. The van der Waals surface area contributed by atoms with Crippen LogP contribution in [0.15, 0.2) is 24.3 Å². The van der Waals surface area contributed by atoms with Crippen LogP contribution < -0.4 is 10.1 Å². The van der Waals surface area contributed by atoms with Gasteiger partial charge in [0, 0.05) is 19.1 Å². The van der Waals surface area contributed by atoms with E-state index in [2.05, 4.69) is 5.32 Å². The topological polar surface area (TPSA) is 96.0 Å². The summed E-state index contributed by atoms with van der Waals surface area (Å²) in [5.74, 6) is 0.0656. The quantitative estimate of drug-likeness (QED) is 0.649. The maximum Gasteiger partial charge on any atom is 0.247 e. The number of hydrogen-bond acceptors (Lipinski definition) is 5. The van der Waals surface area contributed by atoms with Gasteiger partial charge in [0.05, 0.1) is 19.4 Å². The molecule has 1 saturated heterocycles. The molecule has 0 radical (unpaired) electrons. The maximum atomic E-state index is 13.6. The van der Waals surface area contributed by atoms with Crippen molar-refractivity contribution < 1.29 is 22.7 Å². The Labute approximate surface area is 197 Å². The Morgan fingerprint density at radius 2 is 1.73 bits per heavy atom. The highest BCUT2D eigenvalue weighted by atomic mass is 32.2. The van der Waals surface area contributed by atoms with E-state index in [4.69, 9.17) is 4.74 Å². The van der Waals surface area contributed by atoms with Gasteiger partial charge in [-0.3, -0.25) is 9.59 Å². The molecule has 184 valence electrons. The minimum absolute atomic E-state index is 0.0469. The molecule has 1 aliphatic heterocycles. The molecule has 8 nitrogen and oxygen atoms in total. The van der Waals surface area contributed by atoms with Crippen molar-refractivity contribution in [3.63, 3.8) is 0 Å². The summed E-state index contributed by atoms with van der Waals surface area (Å²) >= 11 is 0. The minimum Gasteiger partial charge on any atom is -0.494 e. The molecule has 0 spiro atoms. The molecule has 1 N–H and O–H groups in total. The Bertz CT molecular complexity index is 926. The van der Waals surface area contributed by atoms with Crippen LogP contribution in [-0.4, -0.2) is 67.0 Å². The van der Waals surface area contributed by atoms with Gasteiger partial charge in [-0.25, -0.2) is 8.42 Å². The second-order valence-corrected chi connectivity index (χ2v) is 11.4. The number of amides is 2. The van der Waals surface area contributed by atoms with E-state index >= 15 is 0 Å². The molecule has 1 aliphatic carbocycles. The first kappa shape index (κ1) is 25.5. The van der Waals surface area contributed by atoms with Crippen LogP contribution in [0, 0.1) is 0 Å². The molecule has 2 aliphatic rings. The average molecular weight is 480 g/mol. The van der Waals surface area contributed by atoms with Crippen LogP contribution in [0.3, 0.4) is 0 Å². The van der Waals surface area contributed by atoms with Gasteiger partial charge in [-0.1, -0.05) is 44.2 Å². The molecular weight excluding hydrogens is 442 g/mol. The van der Waals surface area contributed by atoms with Crippen LogP contribution in [0.25, 0.3) is 0 Å². The van der Waals surface area contributed by atoms with E-state index in [-0.39, 0.29) is 37.5 Å². The standard InChI is InChI=1S/C24H37N3O5S/c1-4-32-21-14-12-19(13-15-21)16-27-22(28)17-26(33(3,30)31)18-24(27,2)23(29)25-20-10-8-6-5-7-9-11-20/h12-15,20H,4-11,16-18H2,1-3H3,(H,25,29)/t24-/m1/s1. The molecule has 0 bridgehead atoms. The van der Waals surface area contributed by atoms with Gasteiger partial charge >= 0.3 is 0 Å². The first-order valence-corrected chi connectivity index (χ1v) is 13.8. The maximum absolute atomic E-state index is 13.6. The second kappa shape index (κ2) is 10.9. The number of piperazine rings is 1. The van der Waals surface area contributed by atoms with Gasteiger partial charge in [0.25, 0.3) is 0 Å². The number of hydrogen-bond donors (Lipinski definition) is 1. The highest BCUT2D eigenvalue weighted by Gasteiger charge is 2.49. The molecule has 0 unspecified atom stereocenters. The summed E-state index contributed by atoms with van der Waals surface area (Å²) in [4.78, 5) is 28.3.